The molecule has 0 saturated heterocycles. The zero-order valence-corrected chi connectivity index (χ0v) is 55.1. The summed E-state index contributed by atoms with van der Waals surface area (Å²) in [5, 5.41) is 40.7. The summed E-state index contributed by atoms with van der Waals surface area (Å²) in [7, 11) is 0. The first kappa shape index (κ1) is 66.2. The average molecular weight is 1280 g/mol. The Bertz CT molecular complexity index is 3720. The largest absolute Gasteiger partial charge is 0.489 e. The van der Waals surface area contributed by atoms with E-state index in [1.165, 1.54) is 33.8 Å². The van der Waals surface area contributed by atoms with Gasteiger partial charge in [-0.1, -0.05) is 132 Å². The average Bonchev–Trinajstić information content (AvgIpc) is 1.56. The summed E-state index contributed by atoms with van der Waals surface area (Å²) in [5.74, 6) is -4.04. The second-order valence-electron chi connectivity index (χ2n) is 23.6. The van der Waals surface area contributed by atoms with Gasteiger partial charge in [-0.2, -0.15) is 21.0 Å². The van der Waals surface area contributed by atoms with E-state index < -0.39 is 51.4 Å². The Balaban J connectivity index is 1.28. The molecule has 9 rings (SSSR count). The molecular weight excluding hydrogens is 1200 g/mol. The second-order valence-corrected chi connectivity index (χ2v) is 27.9. The Morgan fingerprint density at radius 1 is 0.472 bits per heavy atom. The van der Waals surface area contributed by atoms with Crippen LogP contribution < -0.4 is 9.47 Å². The minimum absolute atomic E-state index is 0.0112. The minimum atomic E-state index is -1.21. The van der Waals surface area contributed by atoms with Crippen molar-refractivity contribution in [3.05, 3.63) is 137 Å². The Morgan fingerprint density at radius 2 is 0.820 bits per heavy atom. The van der Waals surface area contributed by atoms with Crippen LogP contribution in [0, 0.1) is 80.4 Å². The summed E-state index contributed by atoms with van der Waals surface area (Å²) in [6.07, 6.45) is 20.2. The molecular formula is C73H74F4N4O4S4. The molecule has 3 aliphatic carbocycles. The third-order valence-corrected chi connectivity index (χ3v) is 22.8. The normalized spacial score (nSPS) is 17.0. The van der Waals surface area contributed by atoms with Gasteiger partial charge < -0.3 is 9.47 Å². The van der Waals surface area contributed by atoms with Crippen molar-refractivity contribution in [3.63, 3.8) is 0 Å². The van der Waals surface area contributed by atoms with Crippen LogP contribution in [0.4, 0.5) is 17.6 Å². The zero-order chi connectivity index (χ0) is 63.8. The summed E-state index contributed by atoms with van der Waals surface area (Å²) in [6, 6.07) is 19.5. The number of carbonyl (C=O) groups is 2. The van der Waals surface area contributed by atoms with E-state index in [0.717, 1.165) is 169 Å². The number of carbonyl (C=O) groups excluding carboxylic acids is 2. The Hall–Kier alpha value is -7.18. The summed E-state index contributed by atoms with van der Waals surface area (Å²) in [4.78, 5) is 35.8. The molecule has 6 aromatic rings. The second kappa shape index (κ2) is 29.2. The molecule has 0 N–H and O–H groups in total. The van der Waals surface area contributed by atoms with Crippen molar-refractivity contribution >= 4 is 80.2 Å². The first-order valence-electron chi connectivity index (χ1n) is 31.5. The molecule has 4 unspecified atom stereocenters. The highest BCUT2D eigenvalue weighted by molar-refractivity contribution is 7.29. The molecule has 4 heterocycles. The van der Waals surface area contributed by atoms with Crippen LogP contribution in [0.3, 0.4) is 0 Å². The third-order valence-electron chi connectivity index (χ3n) is 17.9. The number of nitrogens with zero attached hydrogens (tertiary/aromatic N) is 4. The van der Waals surface area contributed by atoms with E-state index in [1.54, 1.807) is 34.8 Å². The number of fused-ring (bicyclic) bond motifs is 5. The molecule has 0 bridgehead atoms. The van der Waals surface area contributed by atoms with Crippen LogP contribution in [0.25, 0.3) is 52.6 Å². The SMILES string of the molecule is CCCCC(CC)CC1(CC(CC)CCCC)c2cc(-c3sc(/C=C4\C(=O)c5cc(F)c(F)cc5C4=C(C#N)C#N)cc3OC(CC)CCCC)sc2-c2sc(-c3sc(/C=C4\C(=O)c5cc(F)c(F)cc5C4=C(C#N)C#N)cc3OC(CC)CCCC)cc21. The summed E-state index contributed by atoms with van der Waals surface area (Å²) in [5.41, 5.74) is 0.929. The highest BCUT2D eigenvalue weighted by atomic mass is 32.1. The van der Waals surface area contributed by atoms with Crippen LogP contribution in [0.15, 0.2) is 70.8 Å². The maximum atomic E-state index is 14.9. The van der Waals surface area contributed by atoms with Gasteiger partial charge >= 0.3 is 0 Å². The van der Waals surface area contributed by atoms with Crippen LogP contribution >= 0.6 is 45.3 Å². The number of halogens is 4. The number of allylic oxidation sites excluding steroid dienone is 6. The molecule has 4 atom stereocenters. The minimum Gasteiger partial charge on any atom is -0.489 e. The molecule has 4 aromatic heterocycles. The fourth-order valence-electron chi connectivity index (χ4n) is 13.0. The van der Waals surface area contributed by atoms with E-state index in [1.807, 2.05) is 36.4 Å². The van der Waals surface area contributed by atoms with E-state index >= 15 is 0 Å². The van der Waals surface area contributed by atoms with E-state index in [-0.39, 0.29) is 56.8 Å². The van der Waals surface area contributed by atoms with Gasteiger partial charge in [0.15, 0.2) is 34.8 Å². The quantitative estimate of drug-likeness (QED) is 0.0268. The van der Waals surface area contributed by atoms with Crippen molar-refractivity contribution in [1.82, 2.24) is 0 Å². The van der Waals surface area contributed by atoms with Gasteiger partial charge in [0.1, 0.15) is 46.9 Å². The lowest BCUT2D eigenvalue weighted by molar-refractivity contribution is 0.103. The molecule has 0 radical (unpaired) electrons. The van der Waals surface area contributed by atoms with Gasteiger partial charge in [-0.15, -0.1) is 45.3 Å². The molecule has 3 aliphatic rings. The van der Waals surface area contributed by atoms with Crippen LogP contribution in [0.1, 0.15) is 224 Å². The number of ether oxygens (including phenoxy) is 2. The number of ketones is 2. The van der Waals surface area contributed by atoms with E-state index in [0.29, 0.717) is 33.1 Å². The first-order valence-corrected chi connectivity index (χ1v) is 34.8. The van der Waals surface area contributed by atoms with Crippen LogP contribution in [-0.4, -0.2) is 23.8 Å². The zero-order valence-electron chi connectivity index (χ0n) is 51.9. The predicted octanol–water partition coefficient (Wildman–Crippen LogP) is 22.2. The van der Waals surface area contributed by atoms with Crippen molar-refractivity contribution in [1.29, 1.82) is 21.0 Å². The number of thiophene rings is 4. The van der Waals surface area contributed by atoms with Crippen LogP contribution in [0.2, 0.25) is 0 Å². The lowest BCUT2D eigenvalue weighted by atomic mass is 9.65. The Kier molecular flexibility index (Phi) is 21.7. The highest BCUT2D eigenvalue weighted by Gasteiger charge is 2.49. The summed E-state index contributed by atoms with van der Waals surface area (Å²) >= 11 is 6.27. The molecule has 462 valence electrons. The molecule has 0 fully saturated rings. The Morgan fingerprint density at radius 3 is 1.15 bits per heavy atom. The predicted molar refractivity (Wildman–Crippen MR) is 353 cm³/mol. The monoisotopic (exact) mass is 1270 g/mol. The third kappa shape index (κ3) is 13.2. The van der Waals surface area contributed by atoms with Gasteiger partial charge in [0.2, 0.25) is 0 Å². The van der Waals surface area contributed by atoms with E-state index in [9.17, 15) is 48.2 Å². The van der Waals surface area contributed by atoms with Crippen molar-refractivity contribution < 1.29 is 36.6 Å². The van der Waals surface area contributed by atoms with Gasteiger partial charge in [0.25, 0.3) is 0 Å². The number of rotatable bonds is 28. The van der Waals surface area contributed by atoms with Crippen molar-refractivity contribution in [3.8, 4) is 65.0 Å². The summed E-state index contributed by atoms with van der Waals surface area (Å²) < 4.78 is 73.6. The van der Waals surface area contributed by atoms with Gasteiger partial charge in [-0.25, -0.2) is 17.6 Å². The fraction of sp³-hybridized carbons (Fsp3) is 0.425. The molecule has 0 aliphatic heterocycles. The number of hydrogen-bond donors (Lipinski definition) is 0. The number of nitriles is 4. The molecule has 16 heteroatoms. The van der Waals surface area contributed by atoms with Gasteiger partial charge in [-0.05, 0) is 133 Å². The highest BCUT2D eigenvalue weighted by Crippen LogP contribution is 2.64. The van der Waals surface area contributed by atoms with E-state index in [4.69, 9.17) is 9.47 Å². The molecule has 2 aromatic carbocycles. The van der Waals surface area contributed by atoms with Crippen LogP contribution in [-0.2, 0) is 5.41 Å². The smallest absolute Gasteiger partial charge is 0.194 e. The lowest BCUT2D eigenvalue weighted by Gasteiger charge is -2.37. The summed E-state index contributed by atoms with van der Waals surface area (Å²) in [6.45, 7) is 17.6. The first-order chi connectivity index (χ1) is 43.0. The van der Waals surface area contributed by atoms with Gasteiger partial charge in [0, 0.05) is 68.1 Å². The van der Waals surface area contributed by atoms with Gasteiger partial charge in [0.05, 0.1) is 22.0 Å². The van der Waals surface area contributed by atoms with Crippen LogP contribution in [0.5, 0.6) is 11.5 Å². The fourth-order valence-corrected chi connectivity index (χ4v) is 18.0. The molecule has 89 heavy (non-hydrogen) atoms. The number of benzene rings is 2. The van der Waals surface area contributed by atoms with Gasteiger partial charge in [-0.3, -0.25) is 9.59 Å². The number of unbranched alkanes of at least 4 members (excludes halogenated alkanes) is 4. The standard InChI is InChI=1S/C73H74F4N4O4S4/c1-9-17-21-41(13-5)35-73(36-42(14-6)22-18-10-2)55-33-63(71-61(84-45(15-7)23-19-11-3)27-47(86-71)25-53-65(43(37-78)38-79)49-29-57(74)59(76)31-51(49)67(53)82)88-69(55)70-56(73)34-64(89-70)72-62(85-46(16-8)24-20-12-4)28-48(87-72)26-54-66(44(39-80)40-81)50-30-58(75)60(77)32-52(50)68(54)83/h25-34,41-42,45-46H,9-24,35-36H2,1-8H3/b53-25-,54-26-. The Labute approximate surface area is 537 Å². The van der Waals surface area contributed by atoms with Crippen molar-refractivity contribution in [2.45, 2.75) is 189 Å². The van der Waals surface area contributed by atoms with E-state index in [2.05, 4.69) is 67.5 Å². The number of hydrogen-bond acceptors (Lipinski definition) is 12. The molecule has 0 saturated carbocycles. The molecule has 8 nitrogen and oxygen atoms in total. The lowest BCUT2D eigenvalue weighted by Crippen LogP contribution is -2.31. The topological polar surface area (TPSA) is 148 Å². The molecule has 0 spiro atoms. The maximum Gasteiger partial charge on any atom is 0.194 e. The van der Waals surface area contributed by atoms with Crippen molar-refractivity contribution in [2.75, 3.05) is 0 Å². The van der Waals surface area contributed by atoms with Crippen molar-refractivity contribution in [2.24, 2.45) is 11.8 Å². The number of Topliss-reactive ketones (excluding diaryl/α,β-unsaturated/α-hetero) is 2. The maximum absolute atomic E-state index is 14.9. The molecule has 0 amide bonds.